The molecule has 0 atom stereocenters. The molecule has 0 aromatic heterocycles. The normalized spacial score (nSPS) is 11.6. The zero-order chi connectivity index (χ0) is 10.1. The van der Waals surface area contributed by atoms with Crippen molar-refractivity contribution in [1.29, 1.82) is 0 Å². The molecule has 0 saturated carbocycles. The highest BCUT2D eigenvalue weighted by Crippen LogP contribution is 2.15. The van der Waals surface area contributed by atoms with E-state index in [1.807, 2.05) is 0 Å². The van der Waals surface area contributed by atoms with Gasteiger partial charge in [-0.1, -0.05) is 13.0 Å². The number of primary sulfonamides is 1. The van der Waals surface area contributed by atoms with Crippen molar-refractivity contribution in [3.63, 3.8) is 0 Å². The van der Waals surface area contributed by atoms with E-state index in [0.717, 1.165) is 6.07 Å². The molecule has 1 aromatic rings. The fourth-order valence-electron chi connectivity index (χ4n) is 1.09. The third-order valence-electron chi connectivity index (χ3n) is 1.72. The van der Waals surface area contributed by atoms with Crippen LogP contribution in [-0.4, -0.2) is 8.42 Å². The Morgan fingerprint density at radius 3 is 2.54 bits per heavy atom. The Morgan fingerprint density at radius 2 is 2.08 bits per heavy atom. The topological polar surface area (TPSA) is 60.2 Å². The molecule has 0 unspecified atom stereocenters. The first-order valence-corrected chi connectivity index (χ1v) is 5.31. The Hall–Kier alpha value is -0.940. The molecule has 0 fully saturated rings. The molecule has 0 aliphatic heterocycles. The van der Waals surface area contributed by atoms with Crippen molar-refractivity contribution in [3.05, 3.63) is 29.6 Å². The molecule has 0 aliphatic rings. The average molecular weight is 203 g/mol. The predicted octanol–water partition coefficient (Wildman–Crippen LogP) is 1.04. The summed E-state index contributed by atoms with van der Waals surface area (Å²) in [4.78, 5) is -0.130. The van der Waals surface area contributed by atoms with Crippen LogP contribution in [0.4, 0.5) is 4.39 Å². The first kappa shape index (κ1) is 10.1. The van der Waals surface area contributed by atoms with Gasteiger partial charge in [0, 0.05) is 0 Å². The molecule has 0 saturated heterocycles. The fraction of sp³-hybridized carbons (Fsp3) is 0.250. The van der Waals surface area contributed by atoms with Crippen LogP contribution in [0.15, 0.2) is 23.1 Å². The smallest absolute Gasteiger partial charge is 0.225 e. The molecular formula is C8H10FNO2S. The molecule has 5 heteroatoms. The Balaban J connectivity index is 3.41. The zero-order valence-corrected chi connectivity index (χ0v) is 7.94. The lowest BCUT2D eigenvalue weighted by Gasteiger charge is -2.04. The summed E-state index contributed by atoms with van der Waals surface area (Å²) in [5.74, 6) is -0.596. The van der Waals surface area contributed by atoms with Crippen LogP contribution in [0.2, 0.25) is 0 Å². The van der Waals surface area contributed by atoms with Gasteiger partial charge in [0.05, 0.1) is 4.90 Å². The SMILES string of the molecule is CCc1ccc(F)cc1S(N)(=O)=O. The van der Waals surface area contributed by atoms with Gasteiger partial charge in [-0.2, -0.15) is 0 Å². The first-order chi connectivity index (χ1) is 5.95. The number of benzene rings is 1. The molecular weight excluding hydrogens is 193 g/mol. The quantitative estimate of drug-likeness (QED) is 0.780. The van der Waals surface area contributed by atoms with Gasteiger partial charge in [0.2, 0.25) is 10.0 Å². The maximum absolute atomic E-state index is 12.7. The number of sulfonamides is 1. The third kappa shape index (κ3) is 2.26. The summed E-state index contributed by atoms with van der Waals surface area (Å²) in [6.45, 7) is 1.78. The summed E-state index contributed by atoms with van der Waals surface area (Å²) in [5.41, 5.74) is 0.531. The standard InChI is InChI=1S/C8H10FNO2S/c1-2-6-3-4-7(9)5-8(6)13(10,11)12/h3-5H,2H2,1H3,(H2,10,11,12). The van der Waals surface area contributed by atoms with E-state index in [1.165, 1.54) is 12.1 Å². The van der Waals surface area contributed by atoms with Gasteiger partial charge in [-0.3, -0.25) is 0 Å². The first-order valence-electron chi connectivity index (χ1n) is 3.76. The van der Waals surface area contributed by atoms with Gasteiger partial charge in [-0.25, -0.2) is 17.9 Å². The maximum atomic E-state index is 12.7. The van der Waals surface area contributed by atoms with Crippen molar-refractivity contribution < 1.29 is 12.8 Å². The summed E-state index contributed by atoms with van der Waals surface area (Å²) in [7, 11) is -3.81. The van der Waals surface area contributed by atoms with E-state index < -0.39 is 15.8 Å². The Bertz CT molecular complexity index is 414. The summed E-state index contributed by atoms with van der Waals surface area (Å²) in [6.07, 6.45) is 0.506. The van der Waals surface area contributed by atoms with Gasteiger partial charge in [-0.05, 0) is 24.1 Å². The second kappa shape index (κ2) is 3.43. The van der Waals surface area contributed by atoms with E-state index in [4.69, 9.17) is 5.14 Å². The van der Waals surface area contributed by atoms with E-state index in [1.54, 1.807) is 6.92 Å². The van der Waals surface area contributed by atoms with Crippen molar-refractivity contribution in [2.45, 2.75) is 18.2 Å². The number of aryl methyl sites for hydroxylation is 1. The van der Waals surface area contributed by atoms with Crippen LogP contribution >= 0.6 is 0 Å². The van der Waals surface area contributed by atoms with Crippen LogP contribution in [0, 0.1) is 5.82 Å². The summed E-state index contributed by atoms with van der Waals surface area (Å²) >= 11 is 0. The molecule has 13 heavy (non-hydrogen) atoms. The van der Waals surface area contributed by atoms with E-state index in [0.29, 0.717) is 12.0 Å². The van der Waals surface area contributed by atoms with Crippen LogP contribution in [0.1, 0.15) is 12.5 Å². The van der Waals surface area contributed by atoms with Crippen molar-refractivity contribution in [2.24, 2.45) is 5.14 Å². The minimum absolute atomic E-state index is 0.130. The van der Waals surface area contributed by atoms with E-state index in [2.05, 4.69) is 0 Å². The van der Waals surface area contributed by atoms with Crippen LogP contribution in [0.5, 0.6) is 0 Å². The number of hydrogen-bond acceptors (Lipinski definition) is 2. The number of nitrogens with two attached hydrogens (primary N) is 1. The van der Waals surface area contributed by atoms with Crippen LogP contribution < -0.4 is 5.14 Å². The summed E-state index contributed by atoms with van der Waals surface area (Å²) < 4.78 is 34.6. The minimum atomic E-state index is -3.81. The molecule has 0 bridgehead atoms. The second-order valence-electron chi connectivity index (χ2n) is 2.65. The molecule has 1 aromatic carbocycles. The molecule has 0 aliphatic carbocycles. The lowest BCUT2D eigenvalue weighted by Crippen LogP contribution is -2.14. The van der Waals surface area contributed by atoms with Crippen LogP contribution in [-0.2, 0) is 16.4 Å². The van der Waals surface area contributed by atoms with Gasteiger partial charge in [-0.15, -0.1) is 0 Å². The van der Waals surface area contributed by atoms with Crippen molar-refractivity contribution in [2.75, 3.05) is 0 Å². The Morgan fingerprint density at radius 1 is 1.46 bits per heavy atom. The number of halogens is 1. The van der Waals surface area contributed by atoms with Gasteiger partial charge in [0.1, 0.15) is 5.82 Å². The van der Waals surface area contributed by atoms with Crippen molar-refractivity contribution in [3.8, 4) is 0 Å². The molecule has 0 radical (unpaired) electrons. The lowest BCUT2D eigenvalue weighted by atomic mass is 10.2. The Labute approximate surface area is 76.4 Å². The van der Waals surface area contributed by atoms with Crippen molar-refractivity contribution >= 4 is 10.0 Å². The summed E-state index contributed by atoms with van der Waals surface area (Å²) in [5, 5.41) is 4.91. The molecule has 0 amide bonds. The molecule has 0 heterocycles. The highest BCUT2D eigenvalue weighted by atomic mass is 32.2. The fourth-order valence-corrected chi connectivity index (χ4v) is 1.94. The van der Waals surface area contributed by atoms with Crippen LogP contribution in [0.25, 0.3) is 0 Å². The van der Waals surface area contributed by atoms with E-state index in [9.17, 15) is 12.8 Å². The van der Waals surface area contributed by atoms with Gasteiger partial charge in [0.15, 0.2) is 0 Å². The van der Waals surface area contributed by atoms with E-state index >= 15 is 0 Å². The molecule has 1 rings (SSSR count). The summed E-state index contributed by atoms with van der Waals surface area (Å²) in [6, 6.07) is 3.58. The van der Waals surface area contributed by atoms with Crippen molar-refractivity contribution in [1.82, 2.24) is 0 Å². The number of hydrogen-bond donors (Lipinski definition) is 1. The Kier molecular flexibility index (Phi) is 2.68. The van der Waals surface area contributed by atoms with Gasteiger partial charge >= 0.3 is 0 Å². The zero-order valence-electron chi connectivity index (χ0n) is 7.12. The maximum Gasteiger partial charge on any atom is 0.238 e. The monoisotopic (exact) mass is 203 g/mol. The number of rotatable bonds is 2. The molecule has 0 spiro atoms. The van der Waals surface area contributed by atoms with Gasteiger partial charge in [0.25, 0.3) is 0 Å². The molecule has 72 valence electrons. The molecule has 2 N–H and O–H groups in total. The second-order valence-corrected chi connectivity index (χ2v) is 4.18. The van der Waals surface area contributed by atoms with E-state index in [-0.39, 0.29) is 4.90 Å². The highest BCUT2D eigenvalue weighted by Gasteiger charge is 2.13. The average Bonchev–Trinajstić information content (AvgIpc) is 2.03. The highest BCUT2D eigenvalue weighted by molar-refractivity contribution is 7.89. The largest absolute Gasteiger partial charge is 0.238 e. The van der Waals surface area contributed by atoms with Gasteiger partial charge < -0.3 is 0 Å². The third-order valence-corrected chi connectivity index (χ3v) is 2.71. The van der Waals surface area contributed by atoms with Crippen LogP contribution in [0.3, 0.4) is 0 Å². The minimum Gasteiger partial charge on any atom is -0.225 e. The lowest BCUT2D eigenvalue weighted by molar-refractivity contribution is 0.590. The predicted molar refractivity (Wildman–Crippen MR) is 47.2 cm³/mol. The molecule has 3 nitrogen and oxygen atoms in total.